The number of benzene rings is 2. The normalized spacial score (nSPS) is 20.8. The van der Waals surface area contributed by atoms with Crippen molar-refractivity contribution in [1.29, 1.82) is 0 Å². The highest BCUT2D eigenvalue weighted by Crippen LogP contribution is 2.50. The van der Waals surface area contributed by atoms with Gasteiger partial charge in [0.25, 0.3) is 0 Å². The van der Waals surface area contributed by atoms with Crippen LogP contribution in [0.4, 0.5) is 30.2 Å². The maximum absolute atomic E-state index is 12.8. The lowest BCUT2D eigenvalue weighted by Gasteiger charge is -2.41. The van der Waals surface area contributed by atoms with Crippen molar-refractivity contribution in [1.82, 2.24) is 5.32 Å². The largest absolute Gasteiger partial charge is 0.471 e. The zero-order chi connectivity index (χ0) is 21.8. The number of nitrogens with zero attached hydrogens (tertiary/aromatic N) is 2. The van der Waals surface area contributed by atoms with E-state index in [-0.39, 0.29) is 6.04 Å². The summed E-state index contributed by atoms with van der Waals surface area (Å²) in [7, 11) is 2.00. The number of fused-ring (bicyclic) bond motifs is 5. The van der Waals surface area contributed by atoms with Crippen LogP contribution in [-0.4, -0.2) is 31.7 Å². The zero-order valence-corrected chi connectivity index (χ0v) is 19.5. The number of rotatable bonds is 1. The fourth-order valence-corrected chi connectivity index (χ4v) is 5.16. The molecule has 2 aromatic rings. The van der Waals surface area contributed by atoms with E-state index in [0.717, 1.165) is 37.1 Å². The Morgan fingerprint density at radius 1 is 1.13 bits per heavy atom. The maximum atomic E-state index is 12.8. The lowest BCUT2D eigenvalue weighted by molar-refractivity contribution is -0.174. The highest BCUT2D eigenvalue weighted by atomic mass is 79.9. The predicted molar refractivity (Wildman–Crippen MR) is 118 cm³/mol. The van der Waals surface area contributed by atoms with Gasteiger partial charge in [-0.1, -0.05) is 31.9 Å². The number of piperidine rings is 1. The molecule has 1 fully saturated rings. The summed E-state index contributed by atoms with van der Waals surface area (Å²) in [4.78, 5) is 15.9. The minimum atomic E-state index is -4.88. The third kappa shape index (κ3) is 3.70. The van der Waals surface area contributed by atoms with Crippen molar-refractivity contribution in [2.45, 2.75) is 38.0 Å². The Hall–Kier alpha value is -1.74. The van der Waals surface area contributed by atoms with Gasteiger partial charge < -0.3 is 15.1 Å². The van der Waals surface area contributed by atoms with Gasteiger partial charge >= 0.3 is 12.1 Å². The first-order valence-electron chi connectivity index (χ1n) is 9.54. The highest BCUT2D eigenvalue weighted by Gasteiger charge is 2.42. The number of nitrogens with one attached hydrogen (secondary N) is 1. The van der Waals surface area contributed by atoms with Crippen molar-refractivity contribution in [3.63, 3.8) is 0 Å². The summed E-state index contributed by atoms with van der Waals surface area (Å²) < 4.78 is 40.3. The van der Waals surface area contributed by atoms with Crippen LogP contribution in [-0.2, 0) is 4.79 Å². The molecule has 0 bridgehead atoms. The molecule has 0 spiro atoms. The fraction of sp³-hybridized carbons (Fsp3) is 0.381. The van der Waals surface area contributed by atoms with Crippen LogP contribution in [0.15, 0.2) is 39.3 Å². The van der Waals surface area contributed by atoms with Gasteiger partial charge in [-0.15, -0.1) is 0 Å². The van der Waals surface area contributed by atoms with Gasteiger partial charge in [0.15, 0.2) is 0 Å². The summed E-state index contributed by atoms with van der Waals surface area (Å²) in [6.07, 6.45) is -4.04. The van der Waals surface area contributed by atoms with Gasteiger partial charge in [-0.2, -0.15) is 13.2 Å². The van der Waals surface area contributed by atoms with Gasteiger partial charge in [0, 0.05) is 39.8 Å². The average Bonchev–Trinajstić information content (AvgIpc) is 2.78. The van der Waals surface area contributed by atoms with Crippen molar-refractivity contribution in [2.24, 2.45) is 0 Å². The Balaban J connectivity index is 1.81. The lowest BCUT2D eigenvalue weighted by Crippen LogP contribution is -2.49. The first kappa shape index (κ1) is 21.5. The minimum absolute atomic E-state index is 0.158. The summed E-state index contributed by atoms with van der Waals surface area (Å²) in [5, 5.41) is 2.20. The molecular formula is C21H20Br2F3N3O. The second kappa shape index (κ2) is 7.75. The smallest absolute Gasteiger partial charge is 0.363 e. The molecule has 2 aliphatic rings. The number of hydrogen-bond donors (Lipinski definition) is 1. The number of alkyl halides is 3. The molecule has 2 atom stereocenters. The molecule has 0 aliphatic carbocycles. The standard InChI is InChI=1S/C21H20Br2F3N3O/c1-11-14(23)4-6-16-19(11)18-10-13(27-20(30)21(24,25)26)7-8-29(18)15-5-3-12(22)9-17(15)28(16)2/h3-6,9,13,18H,7-8,10H2,1-2H3,(H,27,30)/t13-,18-/m1/s1. The molecule has 4 nitrogen and oxygen atoms in total. The number of amides is 1. The lowest BCUT2D eigenvalue weighted by atomic mass is 9.88. The van der Waals surface area contributed by atoms with Crippen LogP contribution in [0.3, 0.4) is 0 Å². The van der Waals surface area contributed by atoms with Crippen LogP contribution in [0.1, 0.15) is 30.0 Å². The number of anilines is 3. The van der Waals surface area contributed by atoms with Gasteiger partial charge in [-0.05, 0) is 55.7 Å². The van der Waals surface area contributed by atoms with Crippen LogP contribution >= 0.6 is 31.9 Å². The van der Waals surface area contributed by atoms with Crippen molar-refractivity contribution in [3.05, 3.63) is 50.4 Å². The Bertz CT molecular complexity index is 1010. The SMILES string of the molecule is Cc1c(Br)ccc2c1[C@H]1C[C@H](NC(=O)C(F)(F)F)CCN1c1ccc(Br)cc1N2C. The first-order valence-corrected chi connectivity index (χ1v) is 11.1. The molecule has 0 saturated carbocycles. The first-order chi connectivity index (χ1) is 14.1. The topological polar surface area (TPSA) is 35.6 Å². The molecule has 2 heterocycles. The van der Waals surface area contributed by atoms with E-state index in [1.54, 1.807) is 0 Å². The van der Waals surface area contributed by atoms with Gasteiger partial charge in [0.1, 0.15) is 0 Å². The molecular weight excluding hydrogens is 527 g/mol. The van der Waals surface area contributed by atoms with Crippen molar-refractivity contribution >= 4 is 54.8 Å². The number of halogens is 5. The number of hydrogen-bond acceptors (Lipinski definition) is 3. The summed E-state index contributed by atoms with van der Waals surface area (Å²) in [6, 6.07) is 9.37. The summed E-state index contributed by atoms with van der Waals surface area (Å²) in [5.74, 6) is -1.87. The van der Waals surface area contributed by atoms with Crippen LogP contribution in [0, 0.1) is 6.92 Å². The highest BCUT2D eigenvalue weighted by molar-refractivity contribution is 9.10. The zero-order valence-electron chi connectivity index (χ0n) is 16.4. The third-order valence-corrected chi connectivity index (χ3v) is 7.28. The second-order valence-corrected chi connectivity index (χ2v) is 9.47. The predicted octanol–water partition coefficient (Wildman–Crippen LogP) is 5.99. The molecule has 160 valence electrons. The van der Waals surface area contributed by atoms with Gasteiger partial charge in [-0.25, -0.2) is 0 Å². The van der Waals surface area contributed by atoms with Crippen molar-refractivity contribution in [2.75, 3.05) is 23.4 Å². The van der Waals surface area contributed by atoms with E-state index < -0.39 is 18.1 Å². The summed E-state index contributed by atoms with van der Waals surface area (Å²) in [5.41, 5.74) is 5.16. The van der Waals surface area contributed by atoms with E-state index >= 15 is 0 Å². The summed E-state index contributed by atoms with van der Waals surface area (Å²) >= 11 is 7.15. The molecule has 1 N–H and O–H groups in total. The molecule has 0 aromatic heterocycles. The Morgan fingerprint density at radius 3 is 2.53 bits per heavy atom. The van der Waals surface area contributed by atoms with E-state index in [0.29, 0.717) is 19.4 Å². The number of carbonyl (C=O) groups is 1. The van der Waals surface area contributed by atoms with E-state index in [2.05, 4.69) is 53.0 Å². The molecule has 1 saturated heterocycles. The molecule has 1 amide bonds. The number of carbonyl (C=O) groups excluding carboxylic acids is 1. The van der Waals surface area contributed by atoms with Crippen LogP contribution in [0.25, 0.3) is 0 Å². The minimum Gasteiger partial charge on any atom is -0.363 e. The molecule has 0 radical (unpaired) electrons. The quantitative estimate of drug-likeness (QED) is 0.477. The monoisotopic (exact) mass is 545 g/mol. The van der Waals surface area contributed by atoms with Crippen LogP contribution in [0.5, 0.6) is 0 Å². The molecule has 2 aliphatic heterocycles. The molecule has 9 heteroatoms. The Kier molecular flexibility index (Phi) is 5.55. The van der Waals surface area contributed by atoms with Gasteiger partial charge in [-0.3, -0.25) is 4.79 Å². The van der Waals surface area contributed by atoms with Gasteiger partial charge in [0.2, 0.25) is 0 Å². The average molecular weight is 547 g/mol. The Morgan fingerprint density at radius 2 is 1.83 bits per heavy atom. The third-order valence-electron chi connectivity index (χ3n) is 5.92. The van der Waals surface area contributed by atoms with Gasteiger partial charge in [0.05, 0.1) is 17.4 Å². The van der Waals surface area contributed by atoms with E-state index in [9.17, 15) is 18.0 Å². The maximum Gasteiger partial charge on any atom is 0.471 e. The fourth-order valence-electron chi connectivity index (χ4n) is 4.46. The summed E-state index contributed by atoms with van der Waals surface area (Å²) in [6.45, 7) is 2.56. The molecule has 4 rings (SSSR count). The second-order valence-electron chi connectivity index (χ2n) is 7.70. The van der Waals surface area contributed by atoms with Crippen molar-refractivity contribution in [3.8, 4) is 0 Å². The Labute approximate surface area is 189 Å². The van der Waals surface area contributed by atoms with E-state index in [4.69, 9.17) is 0 Å². The molecule has 0 unspecified atom stereocenters. The van der Waals surface area contributed by atoms with E-state index in [1.807, 2.05) is 38.2 Å². The van der Waals surface area contributed by atoms with E-state index in [1.165, 1.54) is 0 Å². The van der Waals surface area contributed by atoms with Crippen LogP contribution in [0.2, 0.25) is 0 Å². The van der Waals surface area contributed by atoms with Crippen LogP contribution < -0.4 is 15.1 Å². The molecule has 30 heavy (non-hydrogen) atoms. The van der Waals surface area contributed by atoms with Crippen molar-refractivity contribution < 1.29 is 18.0 Å². The molecule has 2 aromatic carbocycles.